The van der Waals surface area contributed by atoms with Crippen LogP contribution in [0, 0.1) is 3.57 Å². The molecule has 1 saturated carbocycles. The fourth-order valence-electron chi connectivity index (χ4n) is 3.12. The fraction of sp³-hybridized carbons (Fsp3) is 0.100. The zero-order chi connectivity index (χ0) is 14.4. The molecule has 0 amide bonds. The molecule has 102 valence electrons. The van der Waals surface area contributed by atoms with Crippen LogP contribution in [0.1, 0.15) is 18.4 Å². The van der Waals surface area contributed by atoms with E-state index in [4.69, 9.17) is 0 Å². The van der Waals surface area contributed by atoms with E-state index >= 15 is 0 Å². The van der Waals surface area contributed by atoms with Crippen LogP contribution >= 0.6 is 22.6 Å². The molecule has 0 bridgehead atoms. The lowest BCUT2D eigenvalue weighted by Crippen LogP contribution is -1.91. The van der Waals surface area contributed by atoms with Crippen LogP contribution < -0.4 is 0 Å². The van der Waals surface area contributed by atoms with E-state index < -0.39 is 0 Å². The van der Waals surface area contributed by atoms with Crippen molar-refractivity contribution in [2.24, 2.45) is 0 Å². The summed E-state index contributed by atoms with van der Waals surface area (Å²) in [5.74, 6) is 0. The second kappa shape index (κ2) is 4.99. The van der Waals surface area contributed by atoms with Gasteiger partial charge >= 0.3 is 0 Å². The number of hydrogen-bond acceptors (Lipinski definition) is 0. The first-order valence-corrected chi connectivity index (χ1v) is 8.33. The van der Waals surface area contributed by atoms with Gasteiger partial charge in [0, 0.05) is 3.57 Å². The Morgan fingerprint density at radius 3 is 1.76 bits per heavy atom. The lowest BCUT2D eigenvalue weighted by Gasteiger charge is -2.14. The summed E-state index contributed by atoms with van der Waals surface area (Å²) in [6, 6.07) is 17.5. The van der Waals surface area contributed by atoms with E-state index in [-0.39, 0.29) is 0 Å². The number of rotatable bonds is 2. The number of benzene rings is 3. The van der Waals surface area contributed by atoms with E-state index in [9.17, 15) is 0 Å². The van der Waals surface area contributed by atoms with Gasteiger partial charge in [-0.1, -0.05) is 66.8 Å². The van der Waals surface area contributed by atoms with Gasteiger partial charge in [0.15, 0.2) is 0 Å². The van der Waals surface area contributed by atoms with Crippen LogP contribution in [-0.4, -0.2) is 0 Å². The molecular weight excluding hydrogens is 367 g/mol. The minimum Gasteiger partial charge on any atom is -0.0984 e. The van der Waals surface area contributed by atoms with E-state index in [2.05, 4.69) is 77.7 Å². The Hall–Kier alpha value is -1.61. The third-order valence-corrected chi connectivity index (χ3v) is 5.38. The maximum Gasteiger partial charge on any atom is 0.0287 e. The van der Waals surface area contributed by atoms with Crippen LogP contribution in [0.2, 0.25) is 0 Å². The third kappa shape index (κ3) is 2.03. The summed E-state index contributed by atoms with van der Waals surface area (Å²) in [7, 11) is 0. The molecule has 0 nitrogen and oxygen atoms in total. The number of hydrogen-bond donors (Lipinski definition) is 0. The van der Waals surface area contributed by atoms with E-state index in [0.29, 0.717) is 0 Å². The molecule has 0 spiro atoms. The van der Waals surface area contributed by atoms with Gasteiger partial charge in [-0.05, 0) is 68.1 Å². The van der Waals surface area contributed by atoms with Gasteiger partial charge in [0.05, 0.1) is 0 Å². The van der Waals surface area contributed by atoms with E-state index in [1.165, 1.54) is 49.1 Å². The van der Waals surface area contributed by atoms with Crippen molar-refractivity contribution < 1.29 is 0 Å². The lowest BCUT2D eigenvalue weighted by atomic mass is 9.91. The summed E-state index contributed by atoms with van der Waals surface area (Å²) in [6.45, 7) is 4.07. The Labute approximate surface area is 138 Å². The molecule has 0 unspecified atom stereocenters. The normalized spacial score (nSPS) is 13.7. The molecule has 0 radical (unpaired) electrons. The maximum absolute atomic E-state index is 4.07. The van der Waals surface area contributed by atoms with Crippen molar-refractivity contribution >= 4 is 49.7 Å². The number of halogens is 1. The summed E-state index contributed by atoms with van der Waals surface area (Å²) in [4.78, 5) is 0. The molecule has 1 aliphatic carbocycles. The Morgan fingerprint density at radius 1 is 0.857 bits per heavy atom. The van der Waals surface area contributed by atoms with Crippen LogP contribution in [0.15, 0.2) is 66.8 Å². The van der Waals surface area contributed by atoms with Gasteiger partial charge in [0.1, 0.15) is 0 Å². The highest BCUT2D eigenvalue weighted by Crippen LogP contribution is 2.43. The number of allylic oxidation sites excluding steroid dienone is 3. The van der Waals surface area contributed by atoms with Crippen LogP contribution in [-0.2, 0) is 0 Å². The Kier molecular flexibility index (Phi) is 3.11. The van der Waals surface area contributed by atoms with Gasteiger partial charge in [0.25, 0.3) is 0 Å². The first kappa shape index (κ1) is 13.1. The average molecular weight is 382 g/mol. The molecule has 3 aromatic rings. The van der Waals surface area contributed by atoms with Gasteiger partial charge < -0.3 is 0 Å². The fourth-order valence-corrected chi connectivity index (χ4v) is 4.06. The van der Waals surface area contributed by atoms with Crippen molar-refractivity contribution in [3.63, 3.8) is 0 Å². The second-order valence-electron chi connectivity index (χ2n) is 5.50. The topological polar surface area (TPSA) is 0 Å². The Balaban J connectivity index is 2.28. The SMILES string of the molecule is C=CC(=C1CC1)c1c2ccccc2c(I)c2ccccc12. The quantitative estimate of drug-likeness (QED) is 0.359. The van der Waals surface area contributed by atoms with Crippen molar-refractivity contribution in [3.05, 3.63) is 75.9 Å². The van der Waals surface area contributed by atoms with Gasteiger partial charge in [-0.3, -0.25) is 0 Å². The van der Waals surface area contributed by atoms with Crippen molar-refractivity contribution in [1.82, 2.24) is 0 Å². The molecule has 1 aliphatic rings. The van der Waals surface area contributed by atoms with E-state index in [1.807, 2.05) is 6.08 Å². The van der Waals surface area contributed by atoms with Crippen molar-refractivity contribution in [2.45, 2.75) is 12.8 Å². The summed E-state index contributed by atoms with van der Waals surface area (Å²) in [5, 5.41) is 5.37. The molecule has 1 fully saturated rings. The van der Waals surface area contributed by atoms with E-state index in [0.717, 1.165) is 0 Å². The highest BCUT2D eigenvalue weighted by atomic mass is 127. The van der Waals surface area contributed by atoms with Gasteiger partial charge in [0.2, 0.25) is 0 Å². The zero-order valence-electron chi connectivity index (χ0n) is 11.7. The smallest absolute Gasteiger partial charge is 0.0287 e. The molecule has 0 aromatic heterocycles. The average Bonchev–Trinajstić information content (AvgIpc) is 3.36. The highest BCUT2D eigenvalue weighted by Gasteiger charge is 2.21. The number of fused-ring (bicyclic) bond motifs is 2. The Morgan fingerprint density at radius 2 is 1.33 bits per heavy atom. The maximum atomic E-state index is 4.07. The van der Waals surface area contributed by atoms with Gasteiger partial charge in [-0.15, -0.1) is 0 Å². The molecule has 4 rings (SSSR count). The van der Waals surface area contributed by atoms with Crippen LogP contribution in [0.3, 0.4) is 0 Å². The first-order chi connectivity index (χ1) is 10.3. The van der Waals surface area contributed by atoms with Gasteiger partial charge in [-0.2, -0.15) is 0 Å². The summed E-state index contributed by atoms with van der Waals surface area (Å²) in [5.41, 5.74) is 4.25. The van der Waals surface area contributed by atoms with Crippen LogP contribution in [0.25, 0.3) is 27.1 Å². The van der Waals surface area contributed by atoms with Crippen molar-refractivity contribution in [1.29, 1.82) is 0 Å². The molecular formula is C20H15I. The molecule has 0 heterocycles. The van der Waals surface area contributed by atoms with Crippen molar-refractivity contribution in [3.8, 4) is 0 Å². The molecule has 0 saturated heterocycles. The lowest BCUT2D eigenvalue weighted by molar-refractivity contribution is 1.50. The molecule has 21 heavy (non-hydrogen) atoms. The second-order valence-corrected chi connectivity index (χ2v) is 6.58. The molecule has 0 N–H and O–H groups in total. The summed E-state index contributed by atoms with van der Waals surface area (Å²) >= 11 is 2.48. The van der Waals surface area contributed by atoms with Crippen molar-refractivity contribution in [2.75, 3.05) is 0 Å². The molecule has 1 heteroatoms. The van der Waals surface area contributed by atoms with Crippen LogP contribution in [0.4, 0.5) is 0 Å². The predicted molar refractivity (Wildman–Crippen MR) is 101 cm³/mol. The minimum absolute atomic E-state index is 1.22. The van der Waals surface area contributed by atoms with Crippen LogP contribution in [0.5, 0.6) is 0 Å². The third-order valence-electron chi connectivity index (χ3n) is 4.22. The summed E-state index contributed by atoms with van der Waals surface area (Å²) in [6.07, 6.45) is 4.48. The van der Waals surface area contributed by atoms with Gasteiger partial charge in [-0.25, -0.2) is 0 Å². The zero-order valence-corrected chi connectivity index (χ0v) is 13.9. The molecule has 3 aromatic carbocycles. The summed E-state index contributed by atoms with van der Waals surface area (Å²) < 4.78 is 1.34. The predicted octanol–water partition coefficient (Wildman–Crippen LogP) is 6.33. The standard InChI is InChI=1S/C20H15I/c1-2-14(13-11-12-13)19-15-7-3-5-9-17(15)20(21)18-10-6-4-8-16(18)19/h2-10H,1,11-12H2. The monoisotopic (exact) mass is 382 g/mol. The Bertz CT molecular complexity index is 853. The molecule has 0 aliphatic heterocycles. The minimum atomic E-state index is 1.22. The first-order valence-electron chi connectivity index (χ1n) is 7.25. The largest absolute Gasteiger partial charge is 0.0984 e. The highest BCUT2D eigenvalue weighted by molar-refractivity contribution is 14.1. The van der Waals surface area contributed by atoms with E-state index in [1.54, 1.807) is 5.57 Å². The molecule has 0 atom stereocenters.